The van der Waals surface area contributed by atoms with Crippen LogP contribution in [0.3, 0.4) is 0 Å². The molecule has 1 N–H and O–H groups in total. The zero-order valence-electron chi connectivity index (χ0n) is 14.0. The molecule has 0 saturated carbocycles. The van der Waals surface area contributed by atoms with E-state index in [2.05, 4.69) is 32.0 Å². The standard InChI is InChI=1S/C18H25NO3S/c1-12-8-15(18(21)22)11-19(10-12)17(20)6-7-23-16-5-4-13(2)14(3)9-16/h4-5,9,12,15H,6-8,10-11H2,1-3H3,(H,21,22). The lowest BCUT2D eigenvalue weighted by atomic mass is 9.90. The first-order chi connectivity index (χ1) is 10.9. The number of amides is 1. The van der Waals surface area contributed by atoms with Crippen molar-refractivity contribution in [3.8, 4) is 0 Å². The number of nitrogens with zero attached hydrogens (tertiary/aromatic N) is 1. The van der Waals surface area contributed by atoms with E-state index in [0.29, 0.717) is 25.9 Å². The summed E-state index contributed by atoms with van der Waals surface area (Å²) < 4.78 is 0. The maximum Gasteiger partial charge on any atom is 0.308 e. The fraction of sp³-hybridized carbons (Fsp3) is 0.556. The average molecular weight is 335 g/mol. The maximum absolute atomic E-state index is 12.3. The van der Waals surface area contributed by atoms with Gasteiger partial charge in [-0.05, 0) is 49.4 Å². The smallest absolute Gasteiger partial charge is 0.308 e. The highest BCUT2D eigenvalue weighted by Crippen LogP contribution is 2.24. The van der Waals surface area contributed by atoms with Crippen molar-refractivity contribution in [1.29, 1.82) is 0 Å². The molecule has 0 bridgehead atoms. The van der Waals surface area contributed by atoms with Gasteiger partial charge >= 0.3 is 5.97 Å². The van der Waals surface area contributed by atoms with Crippen LogP contribution in [-0.4, -0.2) is 40.7 Å². The molecule has 0 spiro atoms. The Morgan fingerprint density at radius 2 is 2.00 bits per heavy atom. The molecule has 1 aromatic rings. The highest BCUT2D eigenvalue weighted by molar-refractivity contribution is 7.99. The monoisotopic (exact) mass is 335 g/mol. The van der Waals surface area contributed by atoms with E-state index in [4.69, 9.17) is 0 Å². The van der Waals surface area contributed by atoms with Crippen LogP contribution in [0.2, 0.25) is 0 Å². The van der Waals surface area contributed by atoms with Gasteiger partial charge in [-0.3, -0.25) is 9.59 Å². The van der Waals surface area contributed by atoms with Crippen LogP contribution in [-0.2, 0) is 9.59 Å². The van der Waals surface area contributed by atoms with Crippen molar-refractivity contribution in [3.63, 3.8) is 0 Å². The van der Waals surface area contributed by atoms with Gasteiger partial charge in [-0.1, -0.05) is 13.0 Å². The van der Waals surface area contributed by atoms with Crippen molar-refractivity contribution in [2.45, 2.75) is 38.5 Å². The second-order valence-corrected chi connectivity index (χ2v) is 7.69. The van der Waals surface area contributed by atoms with E-state index in [1.807, 2.05) is 6.92 Å². The molecule has 1 aliphatic heterocycles. The van der Waals surface area contributed by atoms with E-state index in [9.17, 15) is 14.7 Å². The summed E-state index contributed by atoms with van der Waals surface area (Å²) >= 11 is 1.68. The molecule has 23 heavy (non-hydrogen) atoms. The quantitative estimate of drug-likeness (QED) is 0.838. The SMILES string of the molecule is Cc1ccc(SCCC(=O)N2CC(C)CC(C(=O)O)C2)cc1C. The van der Waals surface area contributed by atoms with Gasteiger partial charge in [0.05, 0.1) is 5.92 Å². The summed E-state index contributed by atoms with van der Waals surface area (Å²) in [5.41, 5.74) is 2.53. The predicted octanol–water partition coefficient (Wildman–Crippen LogP) is 3.35. The molecule has 1 aliphatic rings. The van der Waals surface area contributed by atoms with Crippen LogP contribution in [0.15, 0.2) is 23.1 Å². The summed E-state index contributed by atoms with van der Waals surface area (Å²) in [6.45, 7) is 7.22. The predicted molar refractivity (Wildman–Crippen MR) is 92.7 cm³/mol. The third kappa shape index (κ3) is 4.99. The molecule has 0 aliphatic carbocycles. The molecule has 1 heterocycles. The number of hydrogen-bond donors (Lipinski definition) is 1. The van der Waals surface area contributed by atoms with Crippen LogP contribution in [0.5, 0.6) is 0 Å². The molecular weight excluding hydrogens is 310 g/mol. The number of carboxylic acid groups (broad SMARTS) is 1. The number of aliphatic carboxylic acids is 1. The number of likely N-dealkylation sites (tertiary alicyclic amines) is 1. The topological polar surface area (TPSA) is 57.6 Å². The largest absolute Gasteiger partial charge is 0.481 e. The Morgan fingerprint density at radius 1 is 1.26 bits per heavy atom. The first kappa shape index (κ1) is 17.9. The van der Waals surface area contributed by atoms with Crippen molar-refractivity contribution < 1.29 is 14.7 Å². The lowest BCUT2D eigenvalue weighted by molar-refractivity contribution is -0.146. The van der Waals surface area contributed by atoms with Gasteiger partial charge in [-0.25, -0.2) is 0 Å². The van der Waals surface area contributed by atoms with Crippen molar-refractivity contribution in [2.24, 2.45) is 11.8 Å². The van der Waals surface area contributed by atoms with Gasteiger partial charge in [0, 0.05) is 30.2 Å². The zero-order valence-corrected chi connectivity index (χ0v) is 14.9. The molecule has 1 fully saturated rings. The Morgan fingerprint density at radius 3 is 2.65 bits per heavy atom. The number of benzene rings is 1. The maximum atomic E-state index is 12.3. The van der Waals surface area contributed by atoms with Gasteiger partial charge in [-0.15, -0.1) is 11.8 Å². The molecule has 1 saturated heterocycles. The third-order valence-corrected chi connectivity index (χ3v) is 5.42. The number of hydrogen-bond acceptors (Lipinski definition) is 3. The Labute approximate surface area is 142 Å². The lowest BCUT2D eigenvalue weighted by Crippen LogP contribution is -2.45. The number of rotatable bonds is 5. The molecule has 0 radical (unpaired) electrons. The summed E-state index contributed by atoms with van der Waals surface area (Å²) in [7, 11) is 0. The van der Waals surface area contributed by atoms with Crippen molar-refractivity contribution in [3.05, 3.63) is 29.3 Å². The summed E-state index contributed by atoms with van der Waals surface area (Å²) in [5, 5.41) is 9.19. The first-order valence-electron chi connectivity index (χ1n) is 8.07. The summed E-state index contributed by atoms with van der Waals surface area (Å²) in [6, 6.07) is 6.33. The highest BCUT2D eigenvalue weighted by atomic mass is 32.2. The number of carbonyl (C=O) groups excluding carboxylic acids is 1. The Hall–Kier alpha value is -1.49. The van der Waals surface area contributed by atoms with Gasteiger partial charge in [0.1, 0.15) is 0 Å². The molecule has 2 rings (SSSR count). The number of carbonyl (C=O) groups is 2. The van der Waals surface area contributed by atoms with Crippen LogP contribution >= 0.6 is 11.8 Å². The van der Waals surface area contributed by atoms with E-state index >= 15 is 0 Å². The number of carboxylic acids is 1. The average Bonchev–Trinajstić information content (AvgIpc) is 2.50. The Bertz CT molecular complexity index is 588. The van der Waals surface area contributed by atoms with E-state index in [1.54, 1.807) is 16.7 Å². The van der Waals surface area contributed by atoms with Crippen LogP contribution in [0.4, 0.5) is 0 Å². The number of piperidine rings is 1. The second-order valence-electron chi connectivity index (χ2n) is 6.52. The van der Waals surface area contributed by atoms with E-state index in [1.165, 1.54) is 16.0 Å². The van der Waals surface area contributed by atoms with Crippen LogP contribution < -0.4 is 0 Å². The minimum Gasteiger partial charge on any atom is -0.481 e. The third-order valence-electron chi connectivity index (χ3n) is 4.42. The van der Waals surface area contributed by atoms with Gasteiger partial charge < -0.3 is 10.0 Å². The van der Waals surface area contributed by atoms with E-state index < -0.39 is 11.9 Å². The molecule has 1 aromatic carbocycles. The Balaban J connectivity index is 1.84. The van der Waals surface area contributed by atoms with Gasteiger partial charge in [-0.2, -0.15) is 0 Å². The van der Waals surface area contributed by atoms with Gasteiger partial charge in [0.15, 0.2) is 0 Å². The molecular formula is C18H25NO3S. The van der Waals surface area contributed by atoms with Gasteiger partial charge in [0.25, 0.3) is 0 Å². The van der Waals surface area contributed by atoms with Crippen LogP contribution in [0, 0.1) is 25.7 Å². The van der Waals surface area contributed by atoms with Crippen molar-refractivity contribution >= 4 is 23.6 Å². The van der Waals surface area contributed by atoms with Crippen LogP contribution in [0.1, 0.15) is 30.9 Å². The van der Waals surface area contributed by atoms with Crippen molar-refractivity contribution in [2.75, 3.05) is 18.8 Å². The molecule has 2 atom stereocenters. The minimum atomic E-state index is -0.793. The fourth-order valence-corrected chi connectivity index (χ4v) is 3.89. The molecule has 5 heteroatoms. The lowest BCUT2D eigenvalue weighted by Gasteiger charge is -2.34. The highest BCUT2D eigenvalue weighted by Gasteiger charge is 2.31. The fourth-order valence-electron chi connectivity index (χ4n) is 2.95. The molecule has 4 nitrogen and oxygen atoms in total. The minimum absolute atomic E-state index is 0.0686. The molecule has 2 unspecified atom stereocenters. The summed E-state index contributed by atoms with van der Waals surface area (Å²) in [6.07, 6.45) is 1.12. The second kappa shape index (κ2) is 7.86. The number of aryl methyl sites for hydroxylation is 2. The Kier molecular flexibility index (Phi) is 6.10. The first-order valence-corrected chi connectivity index (χ1v) is 9.06. The normalized spacial score (nSPS) is 21.3. The summed E-state index contributed by atoms with van der Waals surface area (Å²) in [5.74, 6) is -0.168. The van der Waals surface area contributed by atoms with Gasteiger partial charge in [0.2, 0.25) is 5.91 Å². The molecule has 0 aromatic heterocycles. The van der Waals surface area contributed by atoms with E-state index in [0.717, 1.165) is 5.75 Å². The zero-order chi connectivity index (χ0) is 17.0. The van der Waals surface area contributed by atoms with E-state index in [-0.39, 0.29) is 11.8 Å². The number of thioether (sulfide) groups is 1. The van der Waals surface area contributed by atoms with Crippen LogP contribution in [0.25, 0.3) is 0 Å². The molecule has 126 valence electrons. The summed E-state index contributed by atoms with van der Waals surface area (Å²) in [4.78, 5) is 26.4. The molecule has 1 amide bonds. The van der Waals surface area contributed by atoms with Crippen molar-refractivity contribution in [1.82, 2.24) is 4.90 Å².